The molecule has 3 saturated carbocycles. The van der Waals surface area contributed by atoms with Crippen LogP contribution in [0.15, 0.2) is 11.6 Å². The molecule has 8 atom stereocenters. The van der Waals surface area contributed by atoms with Crippen molar-refractivity contribution in [1.29, 1.82) is 0 Å². The molecule has 11 heteroatoms. The number of carboxylic acids is 1. The Kier molecular flexibility index (Phi) is 7.51. The van der Waals surface area contributed by atoms with Gasteiger partial charge in [0.25, 0.3) is 0 Å². The van der Waals surface area contributed by atoms with Crippen molar-refractivity contribution in [2.45, 2.75) is 95.8 Å². The Morgan fingerprint density at radius 1 is 1.07 bits per heavy atom. The maximum absolute atomic E-state index is 13.7. The number of Topliss-reactive ketones (excluding diaryl/α,β-unsaturated/α-hetero) is 2. The number of aliphatic hydroxyl groups is 2. The van der Waals surface area contributed by atoms with Gasteiger partial charge in [-0.05, 0) is 55.4 Å². The number of nitrogens with zero attached hydrogens (tertiary/aromatic N) is 1. The molecule has 4 fully saturated rings. The lowest BCUT2D eigenvalue weighted by atomic mass is 9.46. The predicted molar refractivity (Wildman–Crippen MR) is 141 cm³/mol. The molecule has 5 aliphatic rings. The van der Waals surface area contributed by atoms with Gasteiger partial charge in [0.1, 0.15) is 17.4 Å². The lowest BCUT2D eigenvalue weighted by molar-refractivity contribution is -0.174. The molecular formula is C30H39NO10. The van der Waals surface area contributed by atoms with Crippen LogP contribution < -0.4 is 0 Å². The van der Waals surface area contributed by atoms with Gasteiger partial charge in [0, 0.05) is 43.6 Å². The average Bonchev–Trinajstić information content (AvgIpc) is 3.43. The van der Waals surface area contributed by atoms with E-state index in [1.165, 1.54) is 0 Å². The minimum Gasteiger partial charge on any atom is -0.480 e. The predicted octanol–water partition coefficient (Wildman–Crippen LogP) is 1.37. The number of likely N-dealkylation sites (tertiary alicyclic amines) is 1. The van der Waals surface area contributed by atoms with Crippen LogP contribution in [0.5, 0.6) is 0 Å². The van der Waals surface area contributed by atoms with Gasteiger partial charge in [-0.1, -0.05) is 19.4 Å². The van der Waals surface area contributed by atoms with E-state index in [4.69, 9.17) is 4.74 Å². The molecule has 3 N–H and O–H groups in total. The summed E-state index contributed by atoms with van der Waals surface area (Å²) in [4.78, 5) is 76.4. The molecule has 4 aliphatic carbocycles. The van der Waals surface area contributed by atoms with E-state index in [1.807, 2.05) is 0 Å². The van der Waals surface area contributed by atoms with Crippen molar-refractivity contribution < 1.29 is 48.8 Å². The third kappa shape index (κ3) is 4.74. The summed E-state index contributed by atoms with van der Waals surface area (Å²) in [6, 6.07) is -1.16. The molecule has 0 radical (unpaired) electrons. The van der Waals surface area contributed by atoms with Crippen LogP contribution in [0.25, 0.3) is 0 Å². The van der Waals surface area contributed by atoms with Crippen LogP contribution in [0, 0.1) is 28.6 Å². The second kappa shape index (κ2) is 10.4. The zero-order valence-electron chi connectivity index (χ0n) is 23.6. The van der Waals surface area contributed by atoms with Crippen LogP contribution in [0.4, 0.5) is 0 Å². The summed E-state index contributed by atoms with van der Waals surface area (Å²) in [6.45, 7) is 3.04. The monoisotopic (exact) mass is 573 g/mol. The molecule has 1 saturated heterocycles. The molecule has 11 nitrogen and oxygen atoms in total. The Hall–Kier alpha value is -2.92. The normalized spacial score (nSPS) is 39.9. The van der Waals surface area contributed by atoms with Crippen molar-refractivity contribution in [3.05, 3.63) is 11.6 Å². The van der Waals surface area contributed by atoms with E-state index in [-0.39, 0.29) is 73.4 Å². The molecule has 0 bridgehead atoms. The van der Waals surface area contributed by atoms with Gasteiger partial charge in [-0.2, -0.15) is 0 Å². The molecule has 2 unspecified atom stereocenters. The van der Waals surface area contributed by atoms with Crippen LogP contribution in [0.2, 0.25) is 0 Å². The van der Waals surface area contributed by atoms with Crippen molar-refractivity contribution in [3.8, 4) is 0 Å². The van der Waals surface area contributed by atoms with E-state index in [1.54, 1.807) is 13.0 Å². The van der Waals surface area contributed by atoms with Gasteiger partial charge in [-0.3, -0.25) is 24.0 Å². The highest BCUT2D eigenvalue weighted by Crippen LogP contribution is 2.66. The molecule has 5 rings (SSSR count). The molecule has 224 valence electrons. The van der Waals surface area contributed by atoms with E-state index in [2.05, 4.69) is 6.92 Å². The number of hydrogen-bond acceptors (Lipinski definition) is 9. The fourth-order valence-electron chi connectivity index (χ4n) is 8.86. The number of carbonyl (C=O) groups excluding carboxylic acids is 5. The zero-order chi connectivity index (χ0) is 29.9. The Bertz CT molecular complexity index is 1230. The highest BCUT2D eigenvalue weighted by atomic mass is 16.5. The van der Waals surface area contributed by atoms with Crippen molar-refractivity contribution in [3.63, 3.8) is 0 Å². The third-order valence-electron chi connectivity index (χ3n) is 11.1. The topological polar surface area (TPSA) is 176 Å². The number of aliphatic hydroxyl groups excluding tert-OH is 1. The van der Waals surface area contributed by atoms with Crippen LogP contribution in [0.1, 0.15) is 78.1 Å². The molecule has 0 spiro atoms. The smallest absolute Gasteiger partial charge is 0.326 e. The Labute approximate surface area is 238 Å². The summed E-state index contributed by atoms with van der Waals surface area (Å²) in [5, 5.41) is 30.7. The summed E-state index contributed by atoms with van der Waals surface area (Å²) in [5.41, 5.74) is -2.19. The largest absolute Gasteiger partial charge is 0.480 e. The maximum Gasteiger partial charge on any atom is 0.326 e. The van der Waals surface area contributed by atoms with E-state index >= 15 is 0 Å². The standard InChI is InChI=1S/C30H39NO10/c1-28-9-7-17(32)11-16(28)3-4-19-20-8-10-30(40,29(20,2)13-22(34)26(19)28)23(35)15-41-25(37)6-5-24(36)31-14-18(33)12-21(31)27(38)39/h11,18-21,26,33,40H,3-10,12-15H2,1-2H3,(H,38,39)/t18?,19-,20-,21?,26+,28-,29-,30-/m0/s1. The van der Waals surface area contributed by atoms with Gasteiger partial charge in [0.05, 0.1) is 12.5 Å². The first kappa shape index (κ1) is 29.6. The van der Waals surface area contributed by atoms with Crippen molar-refractivity contribution >= 4 is 35.2 Å². The molecule has 0 aromatic carbocycles. The number of β-amino-alcohol motifs (C(OH)–C–C–N with tert-alkyl or cyclic N) is 1. The first-order chi connectivity index (χ1) is 19.2. The highest BCUT2D eigenvalue weighted by Gasteiger charge is 2.68. The third-order valence-corrected chi connectivity index (χ3v) is 11.1. The number of carbonyl (C=O) groups is 6. The van der Waals surface area contributed by atoms with E-state index in [0.29, 0.717) is 19.3 Å². The summed E-state index contributed by atoms with van der Waals surface area (Å²) in [6.07, 6.45) is 3.19. The second-order valence-corrected chi connectivity index (χ2v) is 13.2. The summed E-state index contributed by atoms with van der Waals surface area (Å²) in [7, 11) is 0. The number of ketones is 3. The van der Waals surface area contributed by atoms with E-state index in [0.717, 1.165) is 23.3 Å². The van der Waals surface area contributed by atoms with Crippen LogP contribution in [0.3, 0.4) is 0 Å². The number of carboxylic acid groups (broad SMARTS) is 1. The summed E-state index contributed by atoms with van der Waals surface area (Å²) in [5.74, 6) is -3.58. The summed E-state index contributed by atoms with van der Waals surface area (Å²) < 4.78 is 5.14. The SMILES string of the molecule is C[C@]12CCC(=O)C=C1CC[C@@H]1[C@@H]2C(=O)C[C@@]2(C)[C@H]1CC[C@]2(O)C(=O)COC(=O)CCC(=O)N1CC(O)CC1C(=O)O. The van der Waals surface area contributed by atoms with Crippen molar-refractivity contribution in [2.75, 3.05) is 13.2 Å². The lowest BCUT2D eigenvalue weighted by Crippen LogP contribution is -2.61. The Balaban J connectivity index is 1.21. The Morgan fingerprint density at radius 3 is 2.51 bits per heavy atom. The van der Waals surface area contributed by atoms with Crippen LogP contribution in [-0.4, -0.2) is 86.3 Å². The zero-order valence-corrected chi connectivity index (χ0v) is 23.6. The number of allylic oxidation sites excluding steroid dienone is 1. The lowest BCUT2D eigenvalue weighted by Gasteiger charge is -2.57. The van der Waals surface area contributed by atoms with E-state index in [9.17, 15) is 44.1 Å². The second-order valence-electron chi connectivity index (χ2n) is 13.2. The van der Waals surface area contributed by atoms with Crippen LogP contribution >= 0.6 is 0 Å². The molecule has 41 heavy (non-hydrogen) atoms. The van der Waals surface area contributed by atoms with Gasteiger partial charge in [-0.15, -0.1) is 0 Å². The van der Waals surface area contributed by atoms with E-state index < -0.39 is 53.4 Å². The quantitative estimate of drug-likeness (QED) is 0.377. The first-order valence-corrected chi connectivity index (χ1v) is 14.6. The number of aliphatic carboxylic acids is 1. The van der Waals surface area contributed by atoms with Gasteiger partial charge < -0.3 is 25.0 Å². The van der Waals surface area contributed by atoms with Crippen molar-refractivity contribution in [2.24, 2.45) is 28.6 Å². The van der Waals surface area contributed by atoms with Gasteiger partial charge in [0.2, 0.25) is 11.7 Å². The molecule has 1 heterocycles. The number of hydrogen-bond donors (Lipinski definition) is 3. The Morgan fingerprint density at radius 2 is 1.80 bits per heavy atom. The van der Waals surface area contributed by atoms with Crippen LogP contribution in [-0.2, 0) is 33.5 Å². The number of ether oxygens (including phenoxy) is 1. The molecular weight excluding hydrogens is 534 g/mol. The summed E-state index contributed by atoms with van der Waals surface area (Å²) >= 11 is 0. The number of rotatable bonds is 7. The number of fused-ring (bicyclic) bond motifs is 5. The van der Waals surface area contributed by atoms with Gasteiger partial charge >= 0.3 is 11.9 Å². The molecule has 0 aromatic heterocycles. The minimum atomic E-state index is -1.84. The van der Waals surface area contributed by atoms with Gasteiger partial charge in [0.15, 0.2) is 12.4 Å². The molecule has 1 aliphatic heterocycles. The van der Waals surface area contributed by atoms with Gasteiger partial charge in [-0.25, -0.2) is 4.79 Å². The minimum absolute atomic E-state index is 0.00604. The fraction of sp³-hybridized carbons (Fsp3) is 0.733. The maximum atomic E-state index is 13.7. The highest BCUT2D eigenvalue weighted by molar-refractivity contribution is 5.95. The number of esters is 1. The number of amides is 1. The molecule has 1 amide bonds. The molecule has 0 aromatic rings. The average molecular weight is 574 g/mol. The fourth-order valence-corrected chi connectivity index (χ4v) is 8.86. The van der Waals surface area contributed by atoms with Crippen molar-refractivity contribution in [1.82, 2.24) is 4.90 Å². The first-order valence-electron chi connectivity index (χ1n) is 14.6.